The number of rotatable bonds is 9. The van der Waals surface area contributed by atoms with Crippen LogP contribution in [-0.2, 0) is 23.3 Å². The molecule has 0 bridgehead atoms. The number of fused-ring (bicyclic) bond motifs is 1. The Morgan fingerprint density at radius 3 is 2.42 bits per heavy atom. The molecule has 0 amide bonds. The molecule has 196 valence electrons. The third-order valence-corrected chi connectivity index (χ3v) is 6.55. The Morgan fingerprint density at radius 1 is 1.00 bits per heavy atom. The first kappa shape index (κ1) is 25.2. The zero-order chi connectivity index (χ0) is 26.9. The van der Waals surface area contributed by atoms with E-state index >= 15 is 0 Å². The van der Waals surface area contributed by atoms with Crippen LogP contribution in [0.15, 0.2) is 89.7 Å². The zero-order valence-electron chi connectivity index (χ0n) is 20.4. The molecule has 5 rings (SSSR count). The maximum absolute atomic E-state index is 14.3. The molecule has 3 aromatic heterocycles. The number of nitrogens with zero attached hydrogens (tertiary/aromatic N) is 3. The first-order valence-corrected chi connectivity index (χ1v) is 11.9. The summed E-state index contributed by atoms with van der Waals surface area (Å²) in [6.07, 6.45) is -0.939. The molecule has 1 unspecified atom stereocenters. The van der Waals surface area contributed by atoms with Gasteiger partial charge in [0.05, 0.1) is 24.4 Å². The van der Waals surface area contributed by atoms with E-state index in [0.29, 0.717) is 39.3 Å². The molecule has 1 atom stereocenters. The quantitative estimate of drug-likeness (QED) is 0.254. The van der Waals surface area contributed by atoms with Gasteiger partial charge >= 0.3 is 12.1 Å². The molecule has 3 heterocycles. The maximum Gasteiger partial charge on any atom is 0.424 e. The van der Waals surface area contributed by atoms with E-state index in [4.69, 9.17) is 9.15 Å². The lowest BCUT2D eigenvalue weighted by Gasteiger charge is -2.33. The van der Waals surface area contributed by atoms with Crippen LogP contribution in [0.25, 0.3) is 22.4 Å². The van der Waals surface area contributed by atoms with Crippen molar-refractivity contribution in [2.24, 2.45) is 0 Å². The van der Waals surface area contributed by atoms with Gasteiger partial charge in [-0.1, -0.05) is 24.3 Å². The van der Waals surface area contributed by atoms with Gasteiger partial charge in [0.15, 0.2) is 0 Å². The zero-order valence-corrected chi connectivity index (χ0v) is 20.4. The molecule has 1 N–H and O–H groups in total. The van der Waals surface area contributed by atoms with E-state index in [2.05, 4.69) is 4.98 Å². The number of oxazole rings is 1. The first-order valence-electron chi connectivity index (χ1n) is 11.9. The Kier molecular flexibility index (Phi) is 6.48. The van der Waals surface area contributed by atoms with Crippen molar-refractivity contribution in [1.82, 2.24) is 14.1 Å². The van der Waals surface area contributed by atoms with E-state index in [9.17, 15) is 23.1 Å². The highest BCUT2D eigenvalue weighted by Crippen LogP contribution is 2.40. The third kappa shape index (κ3) is 4.42. The highest BCUT2D eigenvalue weighted by molar-refractivity contribution is 5.87. The number of alkyl halides is 3. The number of hydrogen-bond donors (Lipinski definition) is 1. The van der Waals surface area contributed by atoms with Crippen LogP contribution >= 0.6 is 0 Å². The number of carboxylic acids is 1. The minimum atomic E-state index is -5.06. The van der Waals surface area contributed by atoms with Gasteiger partial charge in [-0.2, -0.15) is 13.2 Å². The van der Waals surface area contributed by atoms with Crippen LogP contribution in [0.3, 0.4) is 0 Å². The van der Waals surface area contributed by atoms with Gasteiger partial charge in [0.1, 0.15) is 11.5 Å². The second kappa shape index (κ2) is 9.77. The van der Waals surface area contributed by atoms with Crippen molar-refractivity contribution in [1.29, 1.82) is 0 Å². The van der Waals surface area contributed by atoms with Crippen LogP contribution in [0.5, 0.6) is 5.75 Å². The Morgan fingerprint density at radius 2 is 1.74 bits per heavy atom. The lowest BCUT2D eigenvalue weighted by molar-refractivity contribution is -0.227. The molecule has 0 saturated heterocycles. The average Bonchev–Trinajstić information content (AvgIpc) is 3.63. The summed E-state index contributed by atoms with van der Waals surface area (Å²) < 4.78 is 56.6. The second-order valence-electron chi connectivity index (χ2n) is 8.87. The number of carbonyl (C=O) groups is 1. The van der Waals surface area contributed by atoms with Gasteiger partial charge in [0.25, 0.3) is 5.54 Å². The number of aromatic nitrogens is 3. The fraction of sp³-hybridized carbons (Fsp3) is 0.214. The van der Waals surface area contributed by atoms with E-state index < -0.39 is 24.2 Å². The van der Waals surface area contributed by atoms with Crippen LogP contribution in [0.2, 0.25) is 0 Å². The van der Waals surface area contributed by atoms with Gasteiger partial charge in [0.2, 0.25) is 5.89 Å². The van der Waals surface area contributed by atoms with Crippen molar-refractivity contribution in [3.63, 3.8) is 0 Å². The standard InChI is InChI=1S/C28H24F3N3O4/c1-19-22(32-25(38-19)20-8-3-2-4-9-20)13-17-37-24-11-7-10-23-21(24)12-16-33(23)18-27(26(35)36,28(29,30)31)34-14-5-6-15-34/h2-12,14-16H,13,17-18H2,1H3,(H,35,36). The van der Waals surface area contributed by atoms with Crippen LogP contribution in [0.1, 0.15) is 11.5 Å². The molecule has 0 spiro atoms. The fourth-order valence-corrected chi connectivity index (χ4v) is 4.53. The lowest BCUT2D eigenvalue weighted by Crippen LogP contribution is -2.56. The maximum atomic E-state index is 14.3. The highest BCUT2D eigenvalue weighted by Gasteiger charge is 2.62. The van der Waals surface area contributed by atoms with Crippen LogP contribution < -0.4 is 4.74 Å². The lowest BCUT2D eigenvalue weighted by atomic mass is 9.98. The van der Waals surface area contributed by atoms with Crippen molar-refractivity contribution in [3.05, 3.63) is 96.8 Å². The normalized spacial score (nSPS) is 13.5. The van der Waals surface area contributed by atoms with Crippen molar-refractivity contribution < 1.29 is 32.2 Å². The van der Waals surface area contributed by atoms with E-state index in [1.165, 1.54) is 22.9 Å². The average molecular weight is 524 g/mol. The topological polar surface area (TPSA) is 82.4 Å². The summed E-state index contributed by atoms with van der Waals surface area (Å²) in [7, 11) is 0. The molecular formula is C28H24F3N3O4. The number of carboxylic acid groups (broad SMARTS) is 1. The Labute approximate surface area is 215 Å². The molecule has 0 aliphatic heterocycles. The van der Waals surface area contributed by atoms with Gasteiger partial charge < -0.3 is 23.4 Å². The smallest absolute Gasteiger partial charge is 0.424 e. The van der Waals surface area contributed by atoms with Gasteiger partial charge in [-0.3, -0.25) is 0 Å². The summed E-state index contributed by atoms with van der Waals surface area (Å²) in [5.74, 6) is -0.321. The van der Waals surface area contributed by atoms with Gasteiger partial charge in [-0.05, 0) is 49.4 Å². The minimum absolute atomic E-state index is 0.261. The van der Waals surface area contributed by atoms with E-state index in [1.807, 2.05) is 37.3 Å². The molecule has 10 heteroatoms. The van der Waals surface area contributed by atoms with Crippen molar-refractivity contribution in [3.8, 4) is 17.2 Å². The summed E-state index contributed by atoms with van der Waals surface area (Å²) in [5, 5.41) is 10.4. The Balaban J connectivity index is 1.37. The minimum Gasteiger partial charge on any atom is -0.492 e. The summed E-state index contributed by atoms with van der Waals surface area (Å²) in [6.45, 7) is 1.24. The predicted octanol–water partition coefficient (Wildman–Crippen LogP) is 6.07. The second-order valence-corrected chi connectivity index (χ2v) is 8.87. The van der Waals surface area contributed by atoms with E-state index in [1.54, 1.807) is 24.3 Å². The first-order chi connectivity index (χ1) is 18.2. The molecule has 7 nitrogen and oxygen atoms in total. The molecule has 5 aromatic rings. The molecular weight excluding hydrogens is 499 g/mol. The Hall–Kier alpha value is -4.47. The van der Waals surface area contributed by atoms with Crippen LogP contribution in [-0.4, -0.2) is 38.0 Å². The fourth-order valence-electron chi connectivity index (χ4n) is 4.53. The van der Waals surface area contributed by atoms with Crippen molar-refractivity contribution >= 4 is 16.9 Å². The molecule has 0 fully saturated rings. The van der Waals surface area contributed by atoms with E-state index in [-0.39, 0.29) is 6.61 Å². The largest absolute Gasteiger partial charge is 0.492 e. The monoisotopic (exact) mass is 523 g/mol. The number of aliphatic carboxylic acids is 1. The summed E-state index contributed by atoms with van der Waals surface area (Å²) in [6, 6.07) is 18.9. The van der Waals surface area contributed by atoms with Crippen molar-refractivity contribution in [2.45, 2.75) is 31.6 Å². The predicted molar refractivity (Wildman–Crippen MR) is 134 cm³/mol. The molecule has 0 radical (unpaired) electrons. The molecule has 0 aliphatic rings. The number of aryl methyl sites for hydroxylation is 1. The number of halogens is 3. The van der Waals surface area contributed by atoms with Gasteiger partial charge in [-0.15, -0.1) is 0 Å². The number of ether oxygens (including phenoxy) is 1. The third-order valence-electron chi connectivity index (χ3n) is 6.55. The van der Waals surface area contributed by atoms with E-state index in [0.717, 1.165) is 23.7 Å². The van der Waals surface area contributed by atoms with Crippen LogP contribution in [0, 0.1) is 6.92 Å². The molecule has 2 aromatic carbocycles. The molecule has 0 saturated carbocycles. The molecule has 38 heavy (non-hydrogen) atoms. The summed E-state index contributed by atoms with van der Waals surface area (Å²) >= 11 is 0. The number of benzene rings is 2. The van der Waals surface area contributed by atoms with Gasteiger partial charge in [-0.25, -0.2) is 9.78 Å². The number of hydrogen-bond acceptors (Lipinski definition) is 4. The van der Waals surface area contributed by atoms with Crippen LogP contribution in [0.4, 0.5) is 13.2 Å². The Bertz CT molecular complexity index is 1560. The van der Waals surface area contributed by atoms with Crippen molar-refractivity contribution in [2.75, 3.05) is 6.61 Å². The summed E-state index contributed by atoms with van der Waals surface area (Å²) in [5.41, 5.74) is -1.14. The SMILES string of the molecule is Cc1oc(-c2ccccc2)nc1CCOc1cccc2c1ccn2CC(C(=O)O)(n1cccc1)C(F)(F)F. The molecule has 0 aliphatic carbocycles. The van der Waals surface area contributed by atoms with Gasteiger partial charge in [0, 0.05) is 36.0 Å². The highest BCUT2D eigenvalue weighted by atomic mass is 19.4. The summed E-state index contributed by atoms with van der Waals surface area (Å²) in [4.78, 5) is 16.7.